The molecule has 0 aliphatic heterocycles. The molecule has 8 nitrogen and oxygen atoms in total. The minimum atomic E-state index is -3.78. The second-order valence-corrected chi connectivity index (χ2v) is 10.3. The van der Waals surface area contributed by atoms with Gasteiger partial charge in [-0.05, 0) is 48.9 Å². The molecule has 1 heterocycles. The van der Waals surface area contributed by atoms with E-state index in [1.807, 2.05) is 25.1 Å². The normalized spacial score (nSPS) is 12.1. The van der Waals surface area contributed by atoms with Crippen molar-refractivity contribution in [3.05, 3.63) is 83.7 Å². The van der Waals surface area contributed by atoms with Crippen LogP contribution < -0.4 is 4.80 Å². The van der Waals surface area contributed by atoms with Crippen molar-refractivity contribution in [3.63, 3.8) is 0 Å². The molecule has 0 bridgehead atoms. The molecule has 0 atom stereocenters. The number of ether oxygens (including phenoxy) is 1. The summed E-state index contributed by atoms with van der Waals surface area (Å²) >= 11 is 1.28. The van der Waals surface area contributed by atoms with Crippen molar-refractivity contribution in [2.45, 2.75) is 18.4 Å². The number of methoxy groups -OCH3 is 1. The van der Waals surface area contributed by atoms with Gasteiger partial charge in [0, 0.05) is 18.7 Å². The Morgan fingerprint density at radius 2 is 1.76 bits per heavy atom. The molecule has 1 amide bonds. The molecule has 0 aliphatic rings. The third-order valence-electron chi connectivity index (χ3n) is 4.95. The van der Waals surface area contributed by atoms with E-state index in [-0.39, 0.29) is 30.1 Å². The van der Waals surface area contributed by atoms with Crippen molar-refractivity contribution >= 4 is 43.5 Å². The predicted octanol–water partition coefficient (Wildman–Crippen LogP) is 3.29. The maximum absolute atomic E-state index is 12.9. The second kappa shape index (κ2) is 10.7. The first kappa shape index (κ1) is 25.3. The van der Waals surface area contributed by atoms with Gasteiger partial charge in [-0.15, -0.1) is 13.2 Å². The Balaban J connectivity index is 1.99. The van der Waals surface area contributed by atoms with Gasteiger partial charge in [-0.25, -0.2) is 8.42 Å². The third kappa shape index (κ3) is 5.41. The maximum atomic E-state index is 12.9. The number of esters is 1. The molecule has 3 rings (SSSR count). The van der Waals surface area contributed by atoms with Gasteiger partial charge in [0.1, 0.15) is 6.54 Å². The van der Waals surface area contributed by atoms with E-state index in [1.165, 1.54) is 59.2 Å². The first-order valence-corrected chi connectivity index (χ1v) is 12.5. The lowest BCUT2D eigenvalue weighted by Crippen LogP contribution is -2.31. The lowest BCUT2D eigenvalue weighted by molar-refractivity contribution is -0.141. The first-order chi connectivity index (χ1) is 16.2. The van der Waals surface area contributed by atoms with Crippen LogP contribution in [-0.4, -0.2) is 49.4 Å². The number of hydrogen-bond donors (Lipinski definition) is 0. The number of aromatic nitrogens is 1. The standard InChI is InChI=1S/C24H25N3O5S2/c1-5-13-26(14-6-2)34(30,31)19-10-8-18(9-11-19)23(29)25-24-27(16-22(28)32-4)20-12-7-17(3)15-21(20)33-24/h5-12,15H,1-2,13-14,16H2,3-4H3. The van der Waals surface area contributed by atoms with E-state index < -0.39 is 21.9 Å². The fourth-order valence-corrected chi connectivity index (χ4v) is 5.75. The van der Waals surface area contributed by atoms with Gasteiger partial charge < -0.3 is 9.30 Å². The van der Waals surface area contributed by atoms with Crippen LogP contribution in [0.25, 0.3) is 10.2 Å². The fraction of sp³-hybridized carbons (Fsp3) is 0.208. The molecule has 10 heteroatoms. The number of nitrogens with zero attached hydrogens (tertiary/aromatic N) is 3. The van der Waals surface area contributed by atoms with E-state index >= 15 is 0 Å². The largest absolute Gasteiger partial charge is 0.468 e. The molecule has 0 saturated carbocycles. The fourth-order valence-electron chi connectivity index (χ4n) is 3.24. The summed E-state index contributed by atoms with van der Waals surface area (Å²) in [7, 11) is -2.48. The monoisotopic (exact) mass is 499 g/mol. The molecule has 0 fully saturated rings. The molecule has 0 radical (unpaired) electrons. The molecule has 2 aromatic carbocycles. The van der Waals surface area contributed by atoms with Crippen molar-refractivity contribution in [2.75, 3.05) is 20.2 Å². The quantitative estimate of drug-likeness (QED) is 0.332. The second-order valence-electron chi connectivity index (χ2n) is 7.36. The summed E-state index contributed by atoms with van der Waals surface area (Å²) in [6.45, 7) is 9.31. The summed E-state index contributed by atoms with van der Waals surface area (Å²) in [5, 5.41) is 0. The Labute approximate surface area is 202 Å². The van der Waals surface area contributed by atoms with Gasteiger partial charge in [0.05, 0.1) is 22.2 Å². The summed E-state index contributed by atoms with van der Waals surface area (Å²) in [6.07, 6.45) is 2.99. The highest BCUT2D eigenvalue weighted by Crippen LogP contribution is 2.20. The number of thiazole rings is 1. The van der Waals surface area contributed by atoms with Gasteiger partial charge in [-0.1, -0.05) is 29.6 Å². The third-order valence-corrected chi connectivity index (χ3v) is 7.84. The van der Waals surface area contributed by atoms with Crippen molar-refractivity contribution in [1.29, 1.82) is 0 Å². The highest BCUT2D eigenvalue weighted by molar-refractivity contribution is 7.89. The molecule has 0 unspecified atom stereocenters. The van der Waals surface area contributed by atoms with Gasteiger partial charge in [0.15, 0.2) is 4.80 Å². The number of benzene rings is 2. The summed E-state index contributed by atoms with van der Waals surface area (Å²) < 4.78 is 34.2. The molecule has 178 valence electrons. The van der Waals surface area contributed by atoms with Gasteiger partial charge >= 0.3 is 5.97 Å². The average molecular weight is 500 g/mol. The minimum Gasteiger partial charge on any atom is -0.468 e. The van der Waals surface area contributed by atoms with E-state index in [0.29, 0.717) is 4.80 Å². The number of fused-ring (bicyclic) bond motifs is 1. The van der Waals surface area contributed by atoms with Gasteiger partial charge in [0.2, 0.25) is 10.0 Å². The van der Waals surface area contributed by atoms with E-state index in [4.69, 9.17) is 4.74 Å². The topological polar surface area (TPSA) is 98.0 Å². The van der Waals surface area contributed by atoms with Crippen molar-refractivity contribution in [1.82, 2.24) is 8.87 Å². The lowest BCUT2D eigenvalue weighted by Gasteiger charge is -2.19. The number of amides is 1. The molecule has 0 saturated heterocycles. The van der Waals surface area contributed by atoms with Gasteiger partial charge in [0.25, 0.3) is 5.91 Å². The Hall–Kier alpha value is -3.34. The van der Waals surface area contributed by atoms with Crippen LogP contribution in [0.1, 0.15) is 15.9 Å². The smallest absolute Gasteiger partial charge is 0.325 e. The lowest BCUT2D eigenvalue weighted by atomic mass is 10.2. The van der Waals surface area contributed by atoms with Crippen molar-refractivity contribution < 1.29 is 22.7 Å². The maximum Gasteiger partial charge on any atom is 0.325 e. The number of carbonyl (C=O) groups is 2. The number of rotatable bonds is 9. The molecule has 0 N–H and O–H groups in total. The Bertz CT molecular complexity index is 1410. The van der Waals surface area contributed by atoms with Crippen LogP contribution in [0.15, 0.2) is 77.7 Å². The molecular weight excluding hydrogens is 474 g/mol. The van der Waals surface area contributed by atoms with E-state index in [1.54, 1.807) is 4.57 Å². The molecule has 0 aliphatic carbocycles. The van der Waals surface area contributed by atoms with Gasteiger partial charge in [-0.2, -0.15) is 9.30 Å². The molecule has 0 spiro atoms. The highest BCUT2D eigenvalue weighted by Gasteiger charge is 2.22. The zero-order valence-corrected chi connectivity index (χ0v) is 20.6. The number of carbonyl (C=O) groups excluding carboxylic acids is 2. The van der Waals surface area contributed by atoms with Crippen LogP contribution in [0.4, 0.5) is 0 Å². The molecular formula is C24H25N3O5S2. The Kier molecular flexibility index (Phi) is 7.98. The van der Waals surface area contributed by atoms with E-state index in [9.17, 15) is 18.0 Å². The number of sulfonamides is 1. The first-order valence-electron chi connectivity index (χ1n) is 10.3. The van der Waals surface area contributed by atoms with Crippen LogP contribution in [0.5, 0.6) is 0 Å². The van der Waals surface area contributed by atoms with Crippen molar-refractivity contribution in [2.24, 2.45) is 4.99 Å². The minimum absolute atomic E-state index is 0.0471. The Morgan fingerprint density at radius 3 is 2.35 bits per heavy atom. The number of hydrogen-bond acceptors (Lipinski definition) is 6. The summed E-state index contributed by atoms with van der Waals surface area (Å²) in [6, 6.07) is 11.3. The predicted molar refractivity (Wildman–Crippen MR) is 132 cm³/mol. The SMILES string of the molecule is C=CCN(CC=C)S(=O)(=O)c1ccc(C(=O)N=c2sc3cc(C)ccc3n2CC(=O)OC)cc1. The van der Waals surface area contributed by atoms with Gasteiger partial charge in [-0.3, -0.25) is 9.59 Å². The van der Waals surface area contributed by atoms with Crippen LogP contribution >= 0.6 is 11.3 Å². The Morgan fingerprint density at radius 1 is 1.12 bits per heavy atom. The molecule has 34 heavy (non-hydrogen) atoms. The molecule has 1 aromatic heterocycles. The van der Waals surface area contributed by atoms with Crippen LogP contribution in [-0.2, 0) is 26.1 Å². The number of aryl methyl sites for hydroxylation is 1. The van der Waals surface area contributed by atoms with Crippen LogP contribution in [0.2, 0.25) is 0 Å². The average Bonchev–Trinajstić information content (AvgIpc) is 3.14. The van der Waals surface area contributed by atoms with E-state index in [0.717, 1.165) is 15.8 Å². The molecule has 3 aromatic rings. The summed E-state index contributed by atoms with van der Waals surface area (Å²) in [5.41, 5.74) is 2.02. The highest BCUT2D eigenvalue weighted by atomic mass is 32.2. The summed E-state index contributed by atoms with van der Waals surface area (Å²) in [5.74, 6) is -1.02. The zero-order chi connectivity index (χ0) is 24.9. The van der Waals surface area contributed by atoms with Crippen LogP contribution in [0.3, 0.4) is 0 Å². The van der Waals surface area contributed by atoms with E-state index in [2.05, 4.69) is 18.2 Å². The van der Waals surface area contributed by atoms with Crippen molar-refractivity contribution in [3.8, 4) is 0 Å². The zero-order valence-electron chi connectivity index (χ0n) is 18.9. The van der Waals surface area contributed by atoms with Crippen LogP contribution in [0, 0.1) is 6.92 Å². The summed E-state index contributed by atoms with van der Waals surface area (Å²) in [4.78, 5) is 29.4.